The van der Waals surface area contributed by atoms with Gasteiger partial charge in [-0.15, -0.1) is 0 Å². The number of halogens is 1. The number of hydrogen-bond acceptors (Lipinski definition) is 5. The number of amidine groups is 1. The third-order valence-electron chi connectivity index (χ3n) is 5.84. The highest BCUT2D eigenvalue weighted by molar-refractivity contribution is 6.31. The molecule has 2 aliphatic heterocycles. The van der Waals surface area contributed by atoms with Crippen LogP contribution in [0.15, 0.2) is 53.7 Å². The summed E-state index contributed by atoms with van der Waals surface area (Å²) >= 11 is 6.06. The van der Waals surface area contributed by atoms with Crippen molar-refractivity contribution in [1.82, 2.24) is 14.9 Å². The second kappa shape index (κ2) is 8.07. The standard InChI is InChI=1S/C23H22ClN5O2/c24-17-5-6-19-20(13-17)27-22(26-19)16-4-7-21(25-14-16)29-10-8-28(9-11-29)18-3-1-2-15(12-18)23(30)31/h1-3,5-6,12-14H,4,7-11H2,(H,26,27)(H,30,31). The van der Waals surface area contributed by atoms with E-state index in [2.05, 4.69) is 19.8 Å². The molecule has 7 nitrogen and oxygen atoms in total. The van der Waals surface area contributed by atoms with Gasteiger partial charge in [-0.05, 0) is 42.8 Å². The Kier molecular flexibility index (Phi) is 5.11. The molecule has 0 unspecified atom stereocenters. The van der Waals surface area contributed by atoms with Crippen LogP contribution in [-0.2, 0) is 0 Å². The van der Waals surface area contributed by atoms with Crippen LogP contribution < -0.4 is 4.90 Å². The van der Waals surface area contributed by atoms with E-state index in [4.69, 9.17) is 16.6 Å². The Labute approximate surface area is 184 Å². The van der Waals surface area contributed by atoms with Gasteiger partial charge in [0.15, 0.2) is 0 Å². The third kappa shape index (κ3) is 4.01. The molecule has 158 valence electrons. The summed E-state index contributed by atoms with van der Waals surface area (Å²) in [7, 11) is 0. The lowest BCUT2D eigenvalue weighted by Crippen LogP contribution is -2.49. The van der Waals surface area contributed by atoms with Crippen LogP contribution in [0.5, 0.6) is 0 Å². The smallest absolute Gasteiger partial charge is 0.335 e. The van der Waals surface area contributed by atoms with Gasteiger partial charge in [-0.2, -0.15) is 0 Å². The predicted molar refractivity (Wildman–Crippen MR) is 123 cm³/mol. The van der Waals surface area contributed by atoms with Crippen LogP contribution in [0, 0.1) is 0 Å². The van der Waals surface area contributed by atoms with Gasteiger partial charge >= 0.3 is 5.97 Å². The predicted octanol–water partition coefficient (Wildman–Crippen LogP) is 4.27. The van der Waals surface area contributed by atoms with Crippen LogP contribution in [0.1, 0.15) is 29.0 Å². The molecule has 0 aliphatic carbocycles. The molecule has 0 amide bonds. The number of imidazole rings is 1. The lowest BCUT2D eigenvalue weighted by molar-refractivity contribution is 0.0697. The van der Waals surface area contributed by atoms with Gasteiger partial charge in [0.1, 0.15) is 11.7 Å². The van der Waals surface area contributed by atoms with Gasteiger partial charge < -0.3 is 19.9 Å². The Bertz CT molecular complexity index is 1210. The van der Waals surface area contributed by atoms with Gasteiger partial charge in [0.2, 0.25) is 0 Å². The Balaban J connectivity index is 1.26. The number of fused-ring (bicyclic) bond motifs is 1. The summed E-state index contributed by atoms with van der Waals surface area (Å²) in [6, 6.07) is 12.8. The van der Waals surface area contributed by atoms with Crippen LogP contribution in [0.3, 0.4) is 0 Å². The van der Waals surface area contributed by atoms with Crippen molar-refractivity contribution >= 4 is 45.7 Å². The van der Waals surface area contributed by atoms with Gasteiger partial charge in [-0.25, -0.2) is 14.8 Å². The number of carbonyl (C=O) groups is 1. The molecular formula is C23H22ClN5O2. The fourth-order valence-electron chi connectivity index (χ4n) is 4.14. The monoisotopic (exact) mass is 435 g/mol. The molecule has 3 heterocycles. The lowest BCUT2D eigenvalue weighted by atomic mass is 10.1. The molecule has 1 saturated heterocycles. The number of hydrogen-bond donors (Lipinski definition) is 2. The zero-order chi connectivity index (χ0) is 21.4. The summed E-state index contributed by atoms with van der Waals surface area (Å²) in [6.45, 7) is 3.40. The average molecular weight is 436 g/mol. The van der Waals surface area contributed by atoms with Crippen LogP contribution in [0.4, 0.5) is 5.69 Å². The molecule has 0 bridgehead atoms. The lowest BCUT2D eigenvalue weighted by Gasteiger charge is -2.38. The summed E-state index contributed by atoms with van der Waals surface area (Å²) < 4.78 is 0. The number of nitrogens with one attached hydrogen (secondary N) is 1. The fourth-order valence-corrected chi connectivity index (χ4v) is 4.30. The van der Waals surface area contributed by atoms with Crippen molar-refractivity contribution in [3.63, 3.8) is 0 Å². The van der Waals surface area contributed by atoms with Gasteiger partial charge in [-0.3, -0.25) is 0 Å². The van der Waals surface area contributed by atoms with E-state index in [1.807, 2.05) is 30.5 Å². The minimum absolute atomic E-state index is 0.321. The highest BCUT2D eigenvalue weighted by atomic mass is 35.5. The quantitative estimate of drug-likeness (QED) is 0.641. The van der Waals surface area contributed by atoms with Crippen molar-refractivity contribution in [2.75, 3.05) is 31.1 Å². The summed E-state index contributed by atoms with van der Waals surface area (Å²) in [4.78, 5) is 28.5. The number of H-pyrrole nitrogens is 1. The first-order chi connectivity index (χ1) is 15.1. The molecule has 0 saturated carbocycles. The zero-order valence-electron chi connectivity index (χ0n) is 16.9. The maximum atomic E-state index is 11.2. The third-order valence-corrected chi connectivity index (χ3v) is 6.07. The normalized spacial score (nSPS) is 16.9. The minimum atomic E-state index is -0.896. The van der Waals surface area contributed by atoms with E-state index < -0.39 is 5.97 Å². The summed E-state index contributed by atoms with van der Waals surface area (Å²) in [5.74, 6) is 1.05. The number of carboxylic acid groups (broad SMARTS) is 1. The van der Waals surface area contributed by atoms with E-state index in [1.54, 1.807) is 18.2 Å². The Hall–Kier alpha value is -3.32. The second-order valence-electron chi connectivity index (χ2n) is 7.78. The molecule has 2 N–H and O–H groups in total. The van der Waals surface area contributed by atoms with Gasteiger partial charge in [0, 0.05) is 55.1 Å². The van der Waals surface area contributed by atoms with Gasteiger partial charge in [0.05, 0.1) is 16.6 Å². The van der Waals surface area contributed by atoms with Crippen molar-refractivity contribution in [3.05, 3.63) is 65.1 Å². The summed E-state index contributed by atoms with van der Waals surface area (Å²) in [6.07, 6.45) is 3.67. The molecule has 1 fully saturated rings. The topological polar surface area (TPSA) is 84.8 Å². The first kappa shape index (κ1) is 19.6. The van der Waals surface area contributed by atoms with Crippen molar-refractivity contribution in [3.8, 4) is 0 Å². The molecule has 5 rings (SSSR count). The van der Waals surface area contributed by atoms with Crippen LogP contribution in [-0.4, -0.2) is 58.0 Å². The summed E-state index contributed by atoms with van der Waals surface area (Å²) in [5, 5.41) is 9.89. The molecular weight excluding hydrogens is 414 g/mol. The van der Waals surface area contributed by atoms with Crippen molar-refractivity contribution < 1.29 is 9.90 Å². The molecule has 2 aliphatic rings. The number of allylic oxidation sites excluding steroid dienone is 1. The minimum Gasteiger partial charge on any atom is -0.478 e. The molecule has 0 atom stereocenters. The highest BCUT2D eigenvalue weighted by Gasteiger charge is 2.22. The SMILES string of the molecule is O=C(O)c1cccc(N2CCN(C3=NC=C(c4nc5cc(Cl)ccc5[nH]4)CC3)CC2)c1. The van der Waals surface area contributed by atoms with Gasteiger partial charge in [-0.1, -0.05) is 17.7 Å². The maximum Gasteiger partial charge on any atom is 0.335 e. The zero-order valence-corrected chi connectivity index (χ0v) is 17.6. The fraction of sp³-hybridized carbons (Fsp3) is 0.261. The second-order valence-corrected chi connectivity index (χ2v) is 8.21. The molecule has 0 spiro atoms. The highest BCUT2D eigenvalue weighted by Crippen LogP contribution is 2.27. The Morgan fingerprint density at radius 3 is 2.58 bits per heavy atom. The van der Waals surface area contributed by atoms with Crippen molar-refractivity contribution in [1.29, 1.82) is 0 Å². The number of aromatic nitrogens is 2. The first-order valence-corrected chi connectivity index (χ1v) is 10.7. The number of nitrogens with zero attached hydrogens (tertiary/aromatic N) is 4. The van der Waals surface area contributed by atoms with Crippen LogP contribution >= 0.6 is 11.6 Å². The van der Waals surface area contributed by atoms with E-state index in [1.165, 1.54) is 0 Å². The molecule has 1 aromatic heterocycles. The van der Waals surface area contributed by atoms with E-state index in [0.717, 1.165) is 73.0 Å². The maximum absolute atomic E-state index is 11.2. The van der Waals surface area contributed by atoms with Crippen molar-refractivity contribution in [2.24, 2.45) is 4.99 Å². The van der Waals surface area contributed by atoms with E-state index in [0.29, 0.717) is 10.6 Å². The number of carboxylic acids is 1. The largest absolute Gasteiger partial charge is 0.478 e. The van der Waals surface area contributed by atoms with Gasteiger partial charge in [0.25, 0.3) is 0 Å². The van der Waals surface area contributed by atoms with E-state index in [9.17, 15) is 9.90 Å². The summed E-state index contributed by atoms with van der Waals surface area (Å²) in [5.41, 5.74) is 4.21. The number of anilines is 1. The number of rotatable bonds is 3. The average Bonchev–Trinajstić information content (AvgIpc) is 3.22. The Morgan fingerprint density at radius 1 is 1.03 bits per heavy atom. The number of aliphatic imine (C=N–C) groups is 1. The molecule has 3 aromatic rings. The van der Waals surface area contributed by atoms with Crippen LogP contribution in [0.2, 0.25) is 5.02 Å². The first-order valence-electron chi connectivity index (χ1n) is 10.3. The van der Waals surface area contributed by atoms with Crippen molar-refractivity contribution in [2.45, 2.75) is 12.8 Å². The number of aromatic carboxylic acids is 1. The van der Waals surface area contributed by atoms with E-state index >= 15 is 0 Å². The molecule has 31 heavy (non-hydrogen) atoms. The molecule has 2 aromatic carbocycles. The molecule has 0 radical (unpaired) electrons. The van der Waals surface area contributed by atoms with E-state index in [-0.39, 0.29) is 0 Å². The number of benzene rings is 2. The number of piperazine rings is 1. The number of aromatic amines is 1. The molecule has 8 heteroatoms. The van der Waals surface area contributed by atoms with Crippen LogP contribution in [0.25, 0.3) is 16.6 Å². The Morgan fingerprint density at radius 2 is 1.84 bits per heavy atom.